The number of nitrogens with zero attached hydrogens (tertiary/aromatic N) is 3. The van der Waals surface area contributed by atoms with Crippen LogP contribution in [0, 0.1) is 19.3 Å². The number of benzene rings is 2. The molecule has 46 heavy (non-hydrogen) atoms. The molecule has 1 aliphatic heterocycles. The van der Waals surface area contributed by atoms with Gasteiger partial charge < -0.3 is 15.0 Å². The highest BCUT2D eigenvalue weighted by Crippen LogP contribution is 2.61. The Morgan fingerprint density at radius 2 is 1.70 bits per heavy atom. The Hall–Kier alpha value is -3.71. The summed E-state index contributed by atoms with van der Waals surface area (Å²) >= 11 is 0. The number of amides is 1. The number of hydrogen-bond acceptors (Lipinski definition) is 7. The second kappa shape index (κ2) is 12.1. The average molecular weight is 658 g/mol. The number of alkyl halides is 3. The molecule has 13 heteroatoms. The quantitative estimate of drug-likeness (QED) is 0.345. The number of aryl methyl sites for hydroxylation is 2. The molecule has 0 radical (unpaired) electrons. The molecule has 1 amide bonds. The Morgan fingerprint density at radius 1 is 1.02 bits per heavy atom. The number of nitrogens with one attached hydrogen (secondary N) is 2. The van der Waals surface area contributed by atoms with Crippen molar-refractivity contribution in [1.29, 1.82) is 0 Å². The largest absolute Gasteiger partial charge is 0.475 e. The molecular weight excluding hydrogens is 619 g/mol. The maximum Gasteiger partial charge on any atom is 0.394 e. The number of rotatable bonds is 5. The zero-order valence-corrected chi connectivity index (χ0v) is 26.8. The molecule has 2 aliphatic carbocycles. The van der Waals surface area contributed by atoms with Gasteiger partial charge in [-0.15, -0.1) is 0 Å². The van der Waals surface area contributed by atoms with E-state index in [2.05, 4.69) is 20.0 Å². The lowest BCUT2D eigenvalue weighted by Gasteiger charge is -2.42. The molecule has 246 valence electrons. The van der Waals surface area contributed by atoms with Crippen LogP contribution >= 0.6 is 0 Å². The van der Waals surface area contributed by atoms with Gasteiger partial charge in [-0.25, -0.2) is 18.1 Å². The number of fused-ring (bicyclic) bond motifs is 4. The molecule has 2 fully saturated rings. The van der Waals surface area contributed by atoms with E-state index in [1.165, 1.54) is 24.3 Å². The number of anilines is 1. The molecule has 3 aromatic rings. The maximum atomic E-state index is 14.4. The Morgan fingerprint density at radius 3 is 2.33 bits per heavy atom. The summed E-state index contributed by atoms with van der Waals surface area (Å²) in [6.45, 7) is 3.54. The molecule has 1 aromatic heterocycles. The van der Waals surface area contributed by atoms with Crippen molar-refractivity contribution >= 4 is 21.9 Å². The van der Waals surface area contributed by atoms with Crippen molar-refractivity contribution < 1.29 is 31.1 Å². The normalized spacial score (nSPS) is 24.1. The summed E-state index contributed by atoms with van der Waals surface area (Å²) in [5, 5.41) is 3.26. The lowest BCUT2D eigenvalue weighted by Crippen LogP contribution is -2.53. The van der Waals surface area contributed by atoms with Crippen molar-refractivity contribution in [2.24, 2.45) is 5.41 Å². The molecule has 2 heterocycles. The van der Waals surface area contributed by atoms with Crippen LogP contribution in [0.5, 0.6) is 5.88 Å². The van der Waals surface area contributed by atoms with E-state index in [0.717, 1.165) is 29.5 Å². The Bertz CT molecular complexity index is 1720. The predicted octanol–water partition coefficient (Wildman–Crippen LogP) is 6.03. The van der Waals surface area contributed by atoms with Crippen LogP contribution < -0.4 is 14.8 Å². The minimum Gasteiger partial charge on any atom is -0.475 e. The first-order valence-electron chi connectivity index (χ1n) is 15.6. The van der Waals surface area contributed by atoms with Crippen molar-refractivity contribution in [3.8, 4) is 17.1 Å². The summed E-state index contributed by atoms with van der Waals surface area (Å²) in [4.78, 5) is 24.6. The Labute approximate surface area is 267 Å². The molecule has 0 spiro atoms. The SMILES string of the molecule is CN[C@H]1CC[C@H](N2C(=O)c3cccc(c3)S(=O)(=O)Nc3nc(cc(-c4c(C)cccc4C)n3)OC[C@H]2CC2(C(F)(F)F)CC2)CC1. The van der Waals surface area contributed by atoms with E-state index in [4.69, 9.17) is 4.74 Å². The van der Waals surface area contributed by atoms with Crippen LogP contribution in [0.3, 0.4) is 0 Å². The highest BCUT2D eigenvalue weighted by atomic mass is 32.2. The molecule has 2 N–H and O–H groups in total. The third-order valence-electron chi connectivity index (χ3n) is 9.69. The second-order valence-corrected chi connectivity index (χ2v) is 14.5. The molecule has 2 saturated carbocycles. The number of carbonyl (C=O) groups excluding carboxylic acids is 1. The summed E-state index contributed by atoms with van der Waals surface area (Å²) in [6.07, 6.45) is -2.15. The number of halogens is 3. The fraction of sp³-hybridized carbons (Fsp3) is 0.485. The van der Waals surface area contributed by atoms with Crippen molar-refractivity contribution in [3.05, 3.63) is 65.2 Å². The smallest absolute Gasteiger partial charge is 0.394 e. The number of sulfonamides is 1. The Kier molecular flexibility index (Phi) is 8.51. The third kappa shape index (κ3) is 6.31. The van der Waals surface area contributed by atoms with Gasteiger partial charge in [0.05, 0.1) is 22.0 Å². The molecule has 0 unspecified atom stereocenters. The van der Waals surface area contributed by atoms with Crippen molar-refractivity contribution in [3.63, 3.8) is 0 Å². The van der Waals surface area contributed by atoms with Crippen LogP contribution in [0.2, 0.25) is 0 Å². The van der Waals surface area contributed by atoms with Gasteiger partial charge in [0, 0.05) is 29.3 Å². The zero-order chi connectivity index (χ0) is 32.9. The van der Waals surface area contributed by atoms with E-state index in [1.54, 1.807) is 11.0 Å². The van der Waals surface area contributed by atoms with Crippen molar-refractivity contribution in [2.45, 2.75) is 88.0 Å². The fourth-order valence-corrected chi connectivity index (χ4v) is 7.90. The first-order chi connectivity index (χ1) is 21.8. The first-order valence-corrected chi connectivity index (χ1v) is 17.1. The lowest BCUT2D eigenvalue weighted by atomic mass is 9.87. The van der Waals surface area contributed by atoms with Gasteiger partial charge >= 0.3 is 6.18 Å². The fourth-order valence-electron chi connectivity index (χ4n) is 6.91. The van der Waals surface area contributed by atoms with Crippen LogP contribution in [-0.2, 0) is 10.0 Å². The van der Waals surface area contributed by atoms with Gasteiger partial charge in [-0.05, 0) is 95.2 Å². The van der Waals surface area contributed by atoms with E-state index >= 15 is 0 Å². The molecule has 6 rings (SSSR count). The van der Waals surface area contributed by atoms with E-state index < -0.39 is 33.6 Å². The highest BCUT2D eigenvalue weighted by molar-refractivity contribution is 7.92. The number of aromatic nitrogens is 2. The first kappa shape index (κ1) is 32.2. The lowest BCUT2D eigenvalue weighted by molar-refractivity contribution is -0.193. The molecule has 4 bridgehead atoms. The van der Waals surface area contributed by atoms with Crippen LogP contribution in [0.1, 0.15) is 66.4 Å². The van der Waals surface area contributed by atoms with Gasteiger partial charge in [-0.3, -0.25) is 4.79 Å². The van der Waals surface area contributed by atoms with Gasteiger partial charge in [0.15, 0.2) is 0 Å². The monoisotopic (exact) mass is 657 g/mol. The topological polar surface area (TPSA) is 114 Å². The van der Waals surface area contributed by atoms with Gasteiger partial charge in [-0.2, -0.15) is 18.2 Å². The predicted molar refractivity (Wildman–Crippen MR) is 167 cm³/mol. The number of carbonyl (C=O) groups is 1. The van der Waals surface area contributed by atoms with E-state index in [9.17, 15) is 26.4 Å². The summed E-state index contributed by atoms with van der Waals surface area (Å²) in [5.74, 6) is -0.784. The van der Waals surface area contributed by atoms with Gasteiger partial charge in [0.2, 0.25) is 11.8 Å². The standard InChI is InChI=1S/C33H38F3N5O4S/c1-20-6-4-7-21(2)29(20)27-17-28-39-31(38-27)40-46(43,44)26-9-5-8-22(16-26)30(42)41(24-12-10-23(37-3)11-13-24)25(19-45-28)18-32(14-15-32)33(34,35)36/h4-9,16-17,23-25,37H,10-15,18-19H2,1-3H3,(H,38,39,40)/t23-,24-,25-/m1/s1. The Balaban J connectivity index is 1.50. The van der Waals surface area contributed by atoms with Crippen LogP contribution in [-0.4, -0.2) is 67.1 Å². The van der Waals surface area contributed by atoms with Gasteiger partial charge in [-0.1, -0.05) is 24.3 Å². The van der Waals surface area contributed by atoms with E-state index in [0.29, 0.717) is 18.5 Å². The number of ether oxygens (including phenoxy) is 1. The average Bonchev–Trinajstić information content (AvgIpc) is 3.81. The minimum absolute atomic E-state index is 0.00976. The minimum atomic E-state index is -4.44. The molecule has 9 nitrogen and oxygen atoms in total. The van der Waals surface area contributed by atoms with Crippen LogP contribution in [0.4, 0.5) is 19.1 Å². The molecular formula is C33H38F3N5O4S. The molecule has 3 aliphatic rings. The number of hydrogen-bond donors (Lipinski definition) is 2. The summed E-state index contributed by atoms with van der Waals surface area (Å²) < 4.78 is 79.0. The summed E-state index contributed by atoms with van der Waals surface area (Å²) in [7, 11) is -2.39. The van der Waals surface area contributed by atoms with E-state index in [1.807, 2.05) is 39.1 Å². The molecule has 1 atom stereocenters. The second-order valence-electron chi connectivity index (χ2n) is 12.8. The van der Waals surface area contributed by atoms with Crippen molar-refractivity contribution in [1.82, 2.24) is 20.2 Å². The van der Waals surface area contributed by atoms with Crippen molar-refractivity contribution in [2.75, 3.05) is 18.4 Å². The third-order valence-corrected chi connectivity index (χ3v) is 11.0. The summed E-state index contributed by atoms with van der Waals surface area (Å²) in [5.41, 5.74) is 1.08. The summed E-state index contributed by atoms with van der Waals surface area (Å²) in [6, 6.07) is 11.8. The molecule has 2 aromatic carbocycles. The molecule has 0 saturated heterocycles. The maximum absolute atomic E-state index is 14.4. The highest BCUT2D eigenvalue weighted by Gasteiger charge is 2.64. The van der Waals surface area contributed by atoms with Crippen LogP contribution in [0.25, 0.3) is 11.3 Å². The van der Waals surface area contributed by atoms with Gasteiger partial charge in [0.1, 0.15) is 6.61 Å². The van der Waals surface area contributed by atoms with Crippen LogP contribution in [0.15, 0.2) is 53.4 Å². The van der Waals surface area contributed by atoms with Gasteiger partial charge in [0.25, 0.3) is 15.9 Å². The van der Waals surface area contributed by atoms with E-state index in [-0.39, 0.29) is 60.2 Å². The zero-order valence-electron chi connectivity index (χ0n) is 26.0.